The number of hydrogen-bond donors (Lipinski definition) is 1. The summed E-state index contributed by atoms with van der Waals surface area (Å²) in [7, 11) is 0. The van der Waals surface area contributed by atoms with Crippen LogP contribution in [0.3, 0.4) is 0 Å². The third kappa shape index (κ3) is 4.81. The fourth-order valence-corrected chi connectivity index (χ4v) is 3.60. The molecule has 0 radical (unpaired) electrons. The van der Waals surface area contributed by atoms with Gasteiger partial charge in [0.15, 0.2) is 11.7 Å². The number of carbonyl (C=O) groups is 1. The van der Waals surface area contributed by atoms with Crippen LogP contribution in [0.5, 0.6) is 5.75 Å². The molecule has 3 rings (SSSR count). The Morgan fingerprint density at radius 1 is 1.04 bits per heavy atom. The van der Waals surface area contributed by atoms with Crippen molar-refractivity contribution in [2.45, 2.75) is 0 Å². The van der Waals surface area contributed by atoms with Crippen LogP contribution in [-0.2, 0) is 4.79 Å². The Labute approximate surface area is 173 Å². The van der Waals surface area contributed by atoms with Crippen LogP contribution in [0, 0.1) is 0 Å². The zero-order valence-electron chi connectivity index (χ0n) is 12.9. The van der Waals surface area contributed by atoms with Crippen molar-refractivity contribution in [1.82, 2.24) is 4.98 Å². The number of amides is 1. The summed E-state index contributed by atoms with van der Waals surface area (Å²) in [6, 6.07) is 9.91. The number of thiazole rings is 1. The van der Waals surface area contributed by atoms with Crippen LogP contribution < -0.4 is 10.1 Å². The van der Waals surface area contributed by atoms with Crippen LogP contribution in [-0.4, -0.2) is 17.5 Å². The molecule has 0 bridgehead atoms. The van der Waals surface area contributed by atoms with Crippen molar-refractivity contribution in [2.24, 2.45) is 0 Å². The molecule has 0 unspecified atom stereocenters. The topological polar surface area (TPSA) is 51.2 Å². The molecule has 1 heterocycles. The molecule has 0 atom stereocenters. The van der Waals surface area contributed by atoms with Gasteiger partial charge in [-0.25, -0.2) is 4.98 Å². The molecule has 0 spiro atoms. The molecule has 0 saturated heterocycles. The van der Waals surface area contributed by atoms with Gasteiger partial charge in [0.1, 0.15) is 5.75 Å². The minimum atomic E-state index is -0.371. The molecule has 9 heteroatoms. The van der Waals surface area contributed by atoms with Gasteiger partial charge < -0.3 is 4.74 Å². The maximum absolute atomic E-state index is 12.1. The van der Waals surface area contributed by atoms with E-state index in [0.29, 0.717) is 36.7 Å². The van der Waals surface area contributed by atoms with Gasteiger partial charge >= 0.3 is 0 Å². The van der Waals surface area contributed by atoms with E-state index in [2.05, 4.69) is 10.3 Å². The molecule has 3 aromatic rings. The van der Waals surface area contributed by atoms with Crippen molar-refractivity contribution in [1.29, 1.82) is 0 Å². The standard InChI is InChI=1S/C17H10Cl4N2O2S/c18-9-1-3-11(13(21)5-9)14-8-26-17(22-14)23-16(24)7-25-15-6-10(19)2-4-12(15)20/h1-6,8H,7H2,(H,22,23,24). The Morgan fingerprint density at radius 3 is 2.54 bits per heavy atom. The Bertz CT molecular complexity index is 962. The van der Waals surface area contributed by atoms with Crippen molar-refractivity contribution in [3.05, 3.63) is 61.9 Å². The summed E-state index contributed by atoms with van der Waals surface area (Å²) in [5.74, 6) is -0.0359. The van der Waals surface area contributed by atoms with E-state index in [1.165, 1.54) is 11.3 Å². The largest absolute Gasteiger partial charge is 0.482 e. The van der Waals surface area contributed by atoms with Crippen molar-refractivity contribution in [3.63, 3.8) is 0 Å². The van der Waals surface area contributed by atoms with Crippen molar-refractivity contribution >= 4 is 68.8 Å². The van der Waals surface area contributed by atoms with Gasteiger partial charge in [-0.05, 0) is 30.3 Å². The second-order valence-corrected chi connectivity index (χ2v) is 7.62. The summed E-state index contributed by atoms with van der Waals surface area (Å²) in [4.78, 5) is 16.4. The van der Waals surface area contributed by atoms with Crippen molar-refractivity contribution in [2.75, 3.05) is 11.9 Å². The summed E-state index contributed by atoms with van der Waals surface area (Å²) in [5, 5.41) is 6.75. The highest BCUT2D eigenvalue weighted by atomic mass is 35.5. The molecular weight excluding hydrogens is 438 g/mol. The van der Waals surface area contributed by atoms with Gasteiger partial charge in [0.05, 0.1) is 15.7 Å². The number of nitrogens with zero attached hydrogens (tertiary/aromatic N) is 1. The smallest absolute Gasteiger partial charge is 0.264 e. The van der Waals surface area contributed by atoms with E-state index in [9.17, 15) is 4.79 Å². The first-order valence-corrected chi connectivity index (χ1v) is 9.60. The van der Waals surface area contributed by atoms with Crippen LogP contribution in [0.25, 0.3) is 11.3 Å². The normalized spacial score (nSPS) is 10.6. The minimum Gasteiger partial charge on any atom is -0.482 e. The van der Waals surface area contributed by atoms with Crippen molar-refractivity contribution in [3.8, 4) is 17.0 Å². The van der Waals surface area contributed by atoms with Crippen LogP contribution in [0.2, 0.25) is 20.1 Å². The molecule has 26 heavy (non-hydrogen) atoms. The lowest BCUT2D eigenvalue weighted by Crippen LogP contribution is -2.20. The van der Waals surface area contributed by atoms with Gasteiger partial charge in [-0.3, -0.25) is 10.1 Å². The average Bonchev–Trinajstić information content (AvgIpc) is 3.03. The molecule has 0 aliphatic heterocycles. The van der Waals surface area contributed by atoms with Gasteiger partial charge in [-0.1, -0.05) is 46.4 Å². The Balaban J connectivity index is 1.63. The highest BCUT2D eigenvalue weighted by molar-refractivity contribution is 7.14. The molecule has 0 fully saturated rings. The summed E-state index contributed by atoms with van der Waals surface area (Å²) in [6.45, 7) is -0.226. The van der Waals surface area contributed by atoms with Gasteiger partial charge in [0, 0.05) is 27.1 Å². The second-order valence-electron chi connectivity index (χ2n) is 5.07. The van der Waals surface area contributed by atoms with E-state index in [0.717, 1.165) is 5.56 Å². The second kappa shape index (κ2) is 8.46. The van der Waals surface area contributed by atoms with Gasteiger partial charge in [-0.15, -0.1) is 11.3 Å². The predicted octanol–water partition coefficient (Wildman–Crippen LogP) is 6.44. The van der Waals surface area contributed by atoms with Gasteiger partial charge in [-0.2, -0.15) is 0 Å². The number of halogens is 4. The number of benzene rings is 2. The number of ether oxygens (including phenoxy) is 1. The maximum atomic E-state index is 12.1. The van der Waals surface area contributed by atoms with Gasteiger partial charge in [0.2, 0.25) is 0 Å². The lowest BCUT2D eigenvalue weighted by molar-refractivity contribution is -0.118. The fraction of sp³-hybridized carbons (Fsp3) is 0.0588. The lowest BCUT2D eigenvalue weighted by Gasteiger charge is -2.07. The fourth-order valence-electron chi connectivity index (χ4n) is 2.04. The predicted molar refractivity (Wildman–Crippen MR) is 108 cm³/mol. The first-order valence-electron chi connectivity index (χ1n) is 7.21. The number of carbonyl (C=O) groups excluding carboxylic acids is 1. The lowest BCUT2D eigenvalue weighted by atomic mass is 10.2. The monoisotopic (exact) mass is 446 g/mol. The summed E-state index contributed by atoms with van der Waals surface area (Å²) in [6.07, 6.45) is 0. The first-order chi connectivity index (χ1) is 12.4. The average molecular weight is 448 g/mol. The number of anilines is 1. The van der Waals surface area contributed by atoms with Crippen LogP contribution in [0.4, 0.5) is 5.13 Å². The van der Waals surface area contributed by atoms with Gasteiger partial charge in [0.25, 0.3) is 5.91 Å². The zero-order chi connectivity index (χ0) is 18.7. The molecule has 1 amide bonds. The first kappa shape index (κ1) is 19.3. The third-order valence-electron chi connectivity index (χ3n) is 3.21. The van der Waals surface area contributed by atoms with Crippen LogP contribution >= 0.6 is 57.7 Å². The molecule has 0 saturated carbocycles. The highest BCUT2D eigenvalue weighted by Crippen LogP contribution is 2.32. The van der Waals surface area contributed by atoms with E-state index >= 15 is 0 Å². The Kier molecular flexibility index (Phi) is 6.27. The molecule has 2 aromatic carbocycles. The summed E-state index contributed by atoms with van der Waals surface area (Å²) in [5.41, 5.74) is 1.38. The number of rotatable bonds is 5. The number of aromatic nitrogens is 1. The highest BCUT2D eigenvalue weighted by Gasteiger charge is 2.12. The number of nitrogens with one attached hydrogen (secondary N) is 1. The molecule has 1 N–H and O–H groups in total. The van der Waals surface area contributed by atoms with E-state index < -0.39 is 0 Å². The zero-order valence-corrected chi connectivity index (χ0v) is 16.8. The quantitative estimate of drug-likeness (QED) is 0.489. The third-order valence-corrected chi connectivity index (χ3v) is 5.06. The Morgan fingerprint density at radius 2 is 1.77 bits per heavy atom. The molecule has 4 nitrogen and oxygen atoms in total. The molecular formula is C17H10Cl4N2O2S. The van der Waals surface area contributed by atoms with E-state index in [-0.39, 0.29) is 12.5 Å². The summed E-state index contributed by atoms with van der Waals surface area (Å²) < 4.78 is 5.39. The molecule has 134 valence electrons. The molecule has 0 aliphatic carbocycles. The minimum absolute atomic E-state index is 0.226. The maximum Gasteiger partial charge on any atom is 0.264 e. The molecule has 0 aliphatic rings. The van der Waals surface area contributed by atoms with E-state index in [4.69, 9.17) is 51.1 Å². The van der Waals surface area contributed by atoms with Crippen molar-refractivity contribution < 1.29 is 9.53 Å². The number of hydrogen-bond acceptors (Lipinski definition) is 4. The van der Waals surface area contributed by atoms with Crippen LogP contribution in [0.1, 0.15) is 0 Å². The van der Waals surface area contributed by atoms with E-state index in [1.807, 2.05) is 0 Å². The summed E-state index contributed by atoms with van der Waals surface area (Å²) >= 11 is 25.2. The molecule has 1 aromatic heterocycles. The van der Waals surface area contributed by atoms with Crippen LogP contribution in [0.15, 0.2) is 41.8 Å². The Hall–Kier alpha value is -1.50. The van der Waals surface area contributed by atoms with E-state index in [1.54, 1.807) is 41.8 Å². The SMILES string of the molecule is O=C(COc1cc(Cl)ccc1Cl)Nc1nc(-c2ccc(Cl)cc2Cl)cs1.